The Bertz CT molecular complexity index is 484. The minimum Gasteiger partial charge on any atom is -0.373 e. The molecule has 0 unspecified atom stereocenters. The normalized spacial score (nSPS) is 10.9. The average molecular weight is 190 g/mol. The minimum atomic E-state index is 0.937. The lowest BCUT2D eigenvalue weighted by Crippen LogP contribution is -2.01. The van der Waals surface area contributed by atoms with E-state index >= 15 is 0 Å². The molecule has 14 heavy (non-hydrogen) atoms. The molecule has 74 valence electrons. The molecule has 0 aliphatic heterocycles. The van der Waals surface area contributed by atoms with Gasteiger partial charge in [0.2, 0.25) is 0 Å². The molecule has 0 aromatic carbocycles. The molecule has 0 aliphatic rings. The van der Waals surface area contributed by atoms with Crippen LogP contribution in [0.25, 0.3) is 5.65 Å². The van der Waals surface area contributed by atoms with Crippen molar-refractivity contribution in [2.24, 2.45) is 0 Å². The van der Waals surface area contributed by atoms with E-state index in [9.17, 15) is 0 Å². The highest BCUT2D eigenvalue weighted by Gasteiger charge is 2.09. The maximum absolute atomic E-state index is 4.47. The molecular formula is C10H14N4. The summed E-state index contributed by atoms with van der Waals surface area (Å²) >= 11 is 0. The molecule has 2 rings (SSSR count). The highest BCUT2D eigenvalue weighted by atomic mass is 15.3. The van der Waals surface area contributed by atoms with Gasteiger partial charge in [-0.25, -0.2) is 4.98 Å². The molecule has 1 N–H and O–H groups in total. The maximum Gasteiger partial charge on any atom is 0.160 e. The third-order valence-corrected chi connectivity index (χ3v) is 2.44. The molecule has 0 aliphatic carbocycles. The lowest BCUT2D eigenvalue weighted by Gasteiger charge is -2.04. The Kier molecular flexibility index (Phi) is 1.91. The number of rotatable bonds is 1. The molecule has 2 aromatic heterocycles. The summed E-state index contributed by atoms with van der Waals surface area (Å²) in [7, 11) is 1.89. The Morgan fingerprint density at radius 1 is 1.29 bits per heavy atom. The third-order valence-electron chi connectivity index (χ3n) is 2.44. The second kappa shape index (κ2) is 2.97. The van der Waals surface area contributed by atoms with Crippen molar-refractivity contribution in [1.29, 1.82) is 0 Å². The van der Waals surface area contributed by atoms with Crippen molar-refractivity contribution in [3.05, 3.63) is 23.0 Å². The smallest absolute Gasteiger partial charge is 0.160 e. The first-order chi connectivity index (χ1) is 6.63. The number of aryl methyl sites for hydroxylation is 3. The first kappa shape index (κ1) is 8.99. The van der Waals surface area contributed by atoms with Crippen LogP contribution in [0.4, 0.5) is 5.82 Å². The van der Waals surface area contributed by atoms with Gasteiger partial charge < -0.3 is 5.32 Å². The highest BCUT2D eigenvalue weighted by molar-refractivity contribution is 5.55. The minimum absolute atomic E-state index is 0.937. The SMILES string of the molecule is CNc1cc(C)nc2c(C)c(C)nn12. The Hall–Kier alpha value is -1.58. The Labute approximate surface area is 83.0 Å². The number of hydrogen-bond acceptors (Lipinski definition) is 3. The molecule has 2 heterocycles. The van der Waals surface area contributed by atoms with E-state index in [2.05, 4.69) is 15.4 Å². The van der Waals surface area contributed by atoms with Crippen molar-refractivity contribution >= 4 is 11.5 Å². The molecule has 0 bridgehead atoms. The molecule has 2 aromatic rings. The largest absolute Gasteiger partial charge is 0.373 e. The summed E-state index contributed by atoms with van der Waals surface area (Å²) in [5, 5.41) is 7.53. The zero-order chi connectivity index (χ0) is 10.3. The molecule has 0 atom stereocenters. The van der Waals surface area contributed by atoms with Crippen LogP contribution in [0.5, 0.6) is 0 Å². The summed E-state index contributed by atoms with van der Waals surface area (Å²) in [5.41, 5.74) is 4.11. The molecule has 0 fully saturated rings. The number of hydrogen-bond donors (Lipinski definition) is 1. The summed E-state index contributed by atoms with van der Waals surface area (Å²) in [6.07, 6.45) is 0. The van der Waals surface area contributed by atoms with Gasteiger partial charge in [-0.3, -0.25) is 0 Å². The van der Waals surface area contributed by atoms with Crippen LogP contribution in [0.1, 0.15) is 17.0 Å². The van der Waals surface area contributed by atoms with E-state index in [1.54, 1.807) is 0 Å². The van der Waals surface area contributed by atoms with E-state index in [1.165, 1.54) is 0 Å². The van der Waals surface area contributed by atoms with E-state index < -0.39 is 0 Å². The van der Waals surface area contributed by atoms with Gasteiger partial charge in [0, 0.05) is 24.4 Å². The number of anilines is 1. The van der Waals surface area contributed by atoms with Crippen molar-refractivity contribution in [2.45, 2.75) is 20.8 Å². The van der Waals surface area contributed by atoms with E-state index in [-0.39, 0.29) is 0 Å². The summed E-state index contributed by atoms with van der Waals surface area (Å²) in [6, 6.07) is 1.98. The zero-order valence-corrected chi connectivity index (χ0v) is 8.92. The summed E-state index contributed by atoms with van der Waals surface area (Å²) < 4.78 is 1.84. The molecule has 0 saturated carbocycles. The van der Waals surface area contributed by atoms with Gasteiger partial charge in [0.05, 0.1) is 5.69 Å². The van der Waals surface area contributed by atoms with Crippen LogP contribution in [0.15, 0.2) is 6.07 Å². The lowest BCUT2D eigenvalue weighted by molar-refractivity contribution is 0.914. The van der Waals surface area contributed by atoms with E-state index in [0.29, 0.717) is 0 Å². The fraction of sp³-hybridized carbons (Fsp3) is 0.400. The molecule has 4 nitrogen and oxygen atoms in total. The second-order valence-corrected chi connectivity index (χ2v) is 3.48. The van der Waals surface area contributed by atoms with Crippen molar-refractivity contribution in [3.63, 3.8) is 0 Å². The van der Waals surface area contributed by atoms with Gasteiger partial charge in [0.25, 0.3) is 0 Å². The van der Waals surface area contributed by atoms with Crippen LogP contribution in [0.3, 0.4) is 0 Å². The van der Waals surface area contributed by atoms with Gasteiger partial charge in [-0.1, -0.05) is 0 Å². The first-order valence-electron chi connectivity index (χ1n) is 4.65. The predicted octanol–water partition coefficient (Wildman–Crippen LogP) is 1.70. The standard InChI is InChI=1S/C10H14N4/c1-6-5-9(11-4)14-10(12-6)7(2)8(3)13-14/h5,11H,1-4H3. The van der Waals surface area contributed by atoms with Crippen LogP contribution in [0.2, 0.25) is 0 Å². The molecule has 0 radical (unpaired) electrons. The maximum atomic E-state index is 4.47. The second-order valence-electron chi connectivity index (χ2n) is 3.48. The lowest BCUT2D eigenvalue weighted by atomic mass is 10.3. The topological polar surface area (TPSA) is 42.2 Å². The highest BCUT2D eigenvalue weighted by Crippen LogP contribution is 2.17. The molecular weight excluding hydrogens is 176 g/mol. The van der Waals surface area contributed by atoms with Gasteiger partial charge >= 0.3 is 0 Å². The fourth-order valence-corrected chi connectivity index (χ4v) is 1.53. The van der Waals surface area contributed by atoms with E-state index in [0.717, 1.165) is 28.4 Å². The van der Waals surface area contributed by atoms with E-state index in [4.69, 9.17) is 0 Å². The predicted molar refractivity (Wildman–Crippen MR) is 56.7 cm³/mol. The first-order valence-corrected chi connectivity index (χ1v) is 4.65. The van der Waals surface area contributed by atoms with Crippen molar-refractivity contribution in [3.8, 4) is 0 Å². The third kappa shape index (κ3) is 1.14. The summed E-state index contributed by atoms with van der Waals surface area (Å²) in [4.78, 5) is 4.47. The summed E-state index contributed by atoms with van der Waals surface area (Å²) in [6.45, 7) is 6.03. The van der Waals surface area contributed by atoms with Crippen LogP contribution in [-0.2, 0) is 0 Å². The Morgan fingerprint density at radius 2 is 2.00 bits per heavy atom. The number of nitrogens with zero attached hydrogens (tertiary/aromatic N) is 3. The van der Waals surface area contributed by atoms with Gasteiger partial charge in [-0.2, -0.15) is 9.61 Å². The zero-order valence-electron chi connectivity index (χ0n) is 8.92. The van der Waals surface area contributed by atoms with Gasteiger partial charge in [-0.15, -0.1) is 0 Å². The quantitative estimate of drug-likeness (QED) is 0.744. The van der Waals surface area contributed by atoms with Crippen LogP contribution in [-0.4, -0.2) is 21.6 Å². The van der Waals surface area contributed by atoms with Crippen molar-refractivity contribution < 1.29 is 0 Å². The monoisotopic (exact) mass is 190 g/mol. The molecule has 0 amide bonds. The molecule has 0 spiro atoms. The fourth-order valence-electron chi connectivity index (χ4n) is 1.53. The average Bonchev–Trinajstić information content (AvgIpc) is 2.43. The van der Waals surface area contributed by atoms with Crippen LogP contribution in [0, 0.1) is 20.8 Å². The van der Waals surface area contributed by atoms with Gasteiger partial charge in [0.15, 0.2) is 5.65 Å². The van der Waals surface area contributed by atoms with Gasteiger partial charge in [0.1, 0.15) is 5.82 Å². The Balaban J connectivity index is 2.87. The van der Waals surface area contributed by atoms with Crippen molar-refractivity contribution in [1.82, 2.24) is 14.6 Å². The van der Waals surface area contributed by atoms with Gasteiger partial charge in [-0.05, 0) is 20.8 Å². The summed E-state index contributed by atoms with van der Waals surface area (Å²) in [5.74, 6) is 0.976. The molecule has 0 saturated heterocycles. The molecule has 4 heteroatoms. The number of aromatic nitrogens is 3. The van der Waals surface area contributed by atoms with Crippen LogP contribution >= 0.6 is 0 Å². The number of fused-ring (bicyclic) bond motifs is 1. The Morgan fingerprint density at radius 3 is 2.64 bits per heavy atom. The van der Waals surface area contributed by atoms with E-state index in [1.807, 2.05) is 38.4 Å². The van der Waals surface area contributed by atoms with Crippen molar-refractivity contribution in [2.75, 3.05) is 12.4 Å². The number of nitrogens with one attached hydrogen (secondary N) is 1. The van der Waals surface area contributed by atoms with Crippen LogP contribution < -0.4 is 5.32 Å².